The van der Waals surface area contributed by atoms with Crippen molar-refractivity contribution in [3.05, 3.63) is 0 Å². The van der Waals surface area contributed by atoms with Crippen molar-refractivity contribution in [3.63, 3.8) is 0 Å². The first-order valence-corrected chi connectivity index (χ1v) is 11.7. The number of ether oxygens (including phenoxy) is 1. The molecule has 1 aliphatic heterocycles. The van der Waals surface area contributed by atoms with Crippen LogP contribution in [-0.4, -0.2) is 62.2 Å². The average Bonchev–Trinajstić information content (AvgIpc) is 2.72. The van der Waals surface area contributed by atoms with Crippen LogP contribution in [-0.2, 0) is 9.53 Å². The molecule has 2 fully saturated rings. The molecule has 0 spiro atoms. The Morgan fingerprint density at radius 2 is 1.79 bits per heavy atom. The molecule has 6 heteroatoms. The number of hydrogen-bond donors (Lipinski definition) is 2. The van der Waals surface area contributed by atoms with Crippen LogP contribution in [0.25, 0.3) is 0 Å². The Morgan fingerprint density at radius 1 is 1.04 bits per heavy atom. The molecule has 1 saturated heterocycles. The summed E-state index contributed by atoms with van der Waals surface area (Å²) in [5.41, 5.74) is 0. The Bertz CT molecular complexity index is 455. The number of nitrogens with one attached hydrogen (secondary N) is 2. The van der Waals surface area contributed by atoms with Crippen LogP contribution in [0.2, 0.25) is 0 Å². The molecule has 0 aromatic carbocycles. The zero-order valence-electron chi connectivity index (χ0n) is 18.2. The average molecular weight is 395 g/mol. The predicted molar refractivity (Wildman–Crippen MR) is 116 cm³/mol. The van der Waals surface area contributed by atoms with Crippen LogP contribution < -0.4 is 10.6 Å². The van der Waals surface area contributed by atoms with Gasteiger partial charge in [0.1, 0.15) is 0 Å². The molecule has 0 radical (unpaired) electrons. The Labute approximate surface area is 171 Å². The van der Waals surface area contributed by atoms with Crippen molar-refractivity contribution < 1.29 is 9.53 Å². The van der Waals surface area contributed by atoms with Gasteiger partial charge in [0.25, 0.3) is 0 Å². The fraction of sp³-hybridized carbons (Fsp3) is 0.909. The van der Waals surface area contributed by atoms with E-state index < -0.39 is 0 Å². The molecule has 0 atom stereocenters. The summed E-state index contributed by atoms with van der Waals surface area (Å²) < 4.78 is 5.16. The van der Waals surface area contributed by atoms with Crippen LogP contribution in [0.15, 0.2) is 4.99 Å². The summed E-state index contributed by atoms with van der Waals surface area (Å²) in [7, 11) is 0. The summed E-state index contributed by atoms with van der Waals surface area (Å²) in [5.74, 6) is 0.988. The number of nitrogens with zero attached hydrogens (tertiary/aromatic N) is 2. The molecule has 1 heterocycles. The maximum Gasteiger partial charge on any atom is 0.308 e. The molecule has 162 valence electrons. The summed E-state index contributed by atoms with van der Waals surface area (Å²) in [4.78, 5) is 19.3. The van der Waals surface area contributed by atoms with E-state index in [1.165, 1.54) is 51.7 Å². The number of likely N-dealkylation sites (tertiary alicyclic amines) is 1. The first-order chi connectivity index (χ1) is 13.7. The van der Waals surface area contributed by atoms with Gasteiger partial charge in [-0.1, -0.05) is 12.8 Å². The number of guanidine groups is 1. The van der Waals surface area contributed by atoms with Crippen molar-refractivity contribution in [1.29, 1.82) is 0 Å². The van der Waals surface area contributed by atoms with Crippen molar-refractivity contribution in [2.45, 2.75) is 84.1 Å². The normalized spacial score (nSPS) is 24.0. The minimum atomic E-state index is -0.0222. The number of aliphatic imine (C=N–C) groups is 1. The zero-order chi connectivity index (χ0) is 20.0. The van der Waals surface area contributed by atoms with Crippen LogP contribution in [0.4, 0.5) is 0 Å². The lowest BCUT2D eigenvalue weighted by Gasteiger charge is -2.29. The third-order valence-electron chi connectivity index (χ3n) is 5.88. The molecule has 2 rings (SSSR count). The van der Waals surface area contributed by atoms with E-state index in [1.807, 2.05) is 6.92 Å². The lowest BCUT2D eigenvalue weighted by molar-refractivity contribution is -0.149. The second-order valence-corrected chi connectivity index (χ2v) is 8.17. The molecule has 0 aromatic heterocycles. The van der Waals surface area contributed by atoms with Crippen LogP contribution in [0, 0.1) is 5.92 Å². The number of esters is 1. The smallest absolute Gasteiger partial charge is 0.308 e. The van der Waals surface area contributed by atoms with Crippen molar-refractivity contribution in [2.24, 2.45) is 10.9 Å². The lowest BCUT2D eigenvalue weighted by atomic mass is 9.86. The molecule has 2 N–H and O–H groups in total. The minimum Gasteiger partial charge on any atom is -0.466 e. The fourth-order valence-electron chi connectivity index (χ4n) is 4.24. The molecule has 0 unspecified atom stereocenters. The minimum absolute atomic E-state index is 0.0222. The van der Waals surface area contributed by atoms with E-state index in [0.717, 1.165) is 51.2 Å². The van der Waals surface area contributed by atoms with Gasteiger partial charge in [0.05, 0.1) is 12.5 Å². The van der Waals surface area contributed by atoms with Gasteiger partial charge in [-0.05, 0) is 84.8 Å². The molecule has 1 aliphatic carbocycles. The van der Waals surface area contributed by atoms with Crippen LogP contribution in [0.5, 0.6) is 0 Å². The first kappa shape index (κ1) is 23.0. The number of rotatable bonds is 10. The van der Waals surface area contributed by atoms with E-state index in [-0.39, 0.29) is 11.9 Å². The van der Waals surface area contributed by atoms with Crippen LogP contribution in [0.3, 0.4) is 0 Å². The molecule has 0 amide bonds. The highest BCUT2D eigenvalue weighted by atomic mass is 16.5. The van der Waals surface area contributed by atoms with E-state index in [1.54, 1.807) is 0 Å². The topological polar surface area (TPSA) is 66.0 Å². The van der Waals surface area contributed by atoms with Crippen LogP contribution in [0.1, 0.15) is 78.1 Å². The highest BCUT2D eigenvalue weighted by Gasteiger charge is 2.27. The molecule has 6 nitrogen and oxygen atoms in total. The van der Waals surface area contributed by atoms with E-state index in [9.17, 15) is 4.79 Å². The molecular weight excluding hydrogens is 352 g/mol. The standard InChI is InChI=1S/C22H42N4O2/c1-3-23-22(24-15-7-5-8-16-26-17-9-6-10-18-26)25-20-13-11-19(12-14-20)21(27)28-4-2/h19-20H,3-18H2,1-2H3,(H2,23,24,25). The molecule has 0 bridgehead atoms. The van der Waals surface area contributed by atoms with Crippen molar-refractivity contribution in [1.82, 2.24) is 15.5 Å². The highest BCUT2D eigenvalue weighted by molar-refractivity contribution is 5.80. The molecular formula is C22H42N4O2. The van der Waals surface area contributed by atoms with E-state index in [0.29, 0.717) is 12.6 Å². The Hall–Kier alpha value is -1.30. The largest absolute Gasteiger partial charge is 0.466 e. The SMILES string of the molecule is CCNC(=NCCCCCN1CCCCC1)NC1CCC(C(=O)OCC)CC1. The summed E-state index contributed by atoms with van der Waals surface area (Å²) in [6, 6.07) is 0.405. The maximum atomic E-state index is 11.9. The highest BCUT2D eigenvalue weighted by Crippen LogP contribution is 2.25. The Morgan fingerprint density at radius 3 is 2.46 bits per heavy atom. The maximum absolute atomic E-state index is 11.9. The van der Waals surface area contributed by atoms with E-state index in [2.05, 4.69) is 22.5 Å². The third kappa shape index (κ3) is 8.80. The third-order valence-corrected chi connectivity index (χ3v) is 5.88. The van der Waals surface area contributed by atoms with Crippen molar-refractivity contribution >= 4 is 11.9 Å². The number of carbonyl (C=O) groups excluding carboxylic acids is 1. The summed E-state index contributed by atoms with van der Waals surface area (Å²) in [6.07, 6.45) is 11.7. The van der Waals surface area contributed by atoms with Crippen LogP contribution >= 0.6 is 0 Å². The number of unbranched alkanes of at least 4 members (excludes halogenated alkanes) is 2. The Kier molecular flexibility index (Phi) is 11.3. The lowest BCUT2D eigenvalue weighted by Crippen LogP contribution is -2.45. The monoisotopic (exact) mass is 394 g/mol. The summed E-state index contributed by atoms with van der Waals surface area (Å²) in [6.45, 7) is 10.1. The van der Waals surface area contributed by atoms with Gasteiger partial charge in [-0.15, -0.1) is 0 Å². The van der Waals surface area contributed by atoms with Gasteiger partial charge in [-0.2, -0.15) is 0 Å². The Balaban J connectivity index is 1.61. The van der Waals surface area contributed by atoms with Gasteiger partial charge in [-0.3, -0.25) is 9.79 Å². The molecule has 1 saturated carbocycles. The van der Waals surface area contributed by atoms with Gasteiger partial charge < -0.3 is 20.3 Å². The van der Waals surface area contributed by atoms with Crippen molar-refractivity contribution in [2.75, 3.05) is 39.3 Å². The molecule has 0 aromatic rings. The van der Waals surface area contributed by atoms with Gasteiger partial charge in [0, 0.05) is 19.1 Å². The fourth-order valence-corrected chi connectivity index (χ4v) is 4.24. The second-order valence-electron chi connectivity index (χ2n) is 8.17. The number of piperidine rings is 1. The number of carbonyl (C=O) groups is 1. The molecule has 28 heavy (non-hydrogen) atoms. The quantitative estimate of drug-likeness (QED) is 0.257. The first-order valence-electron chi connectivity index (χ1n) is 11.7. The summed E-state index contributed by atoms with van der Waals surface area (Å²) >= 11 is 0. The van der Waals surface area contributed by atoms with Gasteiger partial charge in [0.2, 0.25) is 0 Å². The van der Waals surface area contributed by atoms with Gasteiger partial charge in [-0.25, -0.2) is 0 Å². The molecule has 2 aliphatic rings. The van der Waals surface area contributed by atoms with Gasteiger partial charge >= 0.3 is 5.97 Å². The number of hydrogen-bond acceptors (Lipinski definition) is 4. The zero-order valence-corrected chi connectivity index (χ0v) is 18.2. The van der Waals surface area contributed by atoms with Crippen molar-refractivity contribution in [3.8, 4) is 0 Å². The van der Waals surface area contributed by atoms with E-state index in [4.69, 9.17) is 9.73 Å². The second kappa shape index (κ2) is 13.8. The van der Waals surface area contributed by atoms with E-state index >= 15 is 0 Å². The predicted octanol–water partition coefficient (Wildman–Crippen LogP) is 3.32. The van der Waals surface area contributed by atoms with Gasteiger partial charge in [0.15, 0.2) is 5.96 Å². The summed E-state index contributed by atoms with van der Waals surface area (Å²) in [5, 5.41) is 6.94.